The smallest absolute Gasteiger partial charge is 0.273 e. The first-order valence-corrected chi connectivity index (χ1v) is 10.7. The number of carbonyl (C=O) groups is 1. The summed E-state index contributed by atoms with van der Waals surface area (Å²) in [6.07, 6.45) is 1.66. The van der Waals surface area contributed by atoms with Gasteiger partial charge in [0.05, 0.1) is 29.3 Å². The molecule has 158 valence electrons. The van der Waals surface area contributed by atoms with E-state index < -0.39 is 0 Å². The van der Waals surface area contributed by atoms with Gasteiger partial charge in [0.2, 0.25) is 0 Å². The number of rotatable bonds is 5. The van der Waals surface area contributed by atoms with Gasteiger partial charge in [-0.05, 0) is 45.4 Å². The zero-order chi connectivity index (χ0) is 21.3. The molecular formula is C21H25N5O3S. The fourth-order valence-electron chi connectivity index (χ4n) is 3.70. The van der Waals surface area contributed by atoms with E-state index in [9.17, 15) is 4.79 Å². The van der Waals surface area contributed by atoms with Gasteiger partial charge in [0.1, 0.15) is 6.26 Å². The Morgan fingerprint density at radius 1 is 1.20 bits per heavy atom. The first kappa shape index (κ1) is 20.5. The number of nitrogens with zero attached hydrogens (tertiary/aromatic N) is 4. The standard InChI is InChI=1S/C21H25N5O3S/c1-12-7-16(8-13(2)23-12)19-18(9-22-20(27)17-5-6-28-25-17)24-21(30-19)26-10-14(3)29-15(4)11-26/h5-8,14-15H,9-11H2,1-4H3,(H,22,27)/t14-,15+. The normalized spacial score (nSPS) is 19.1. The molecule has 0 aromatic carbocycles. The Morgan fingerprint density at radius 2 is 1.90 bits per heavy atom. The summed E-state index contributed by atoms with van der Waals surface area (Å²) in [5.41, 5.74) is 4.03. The molecule has 1 aliphatic rings. The summed E-state index contributed by atoms with van der Waals surface area (Å²) in [6, 6.07) is 5.64. The zero-order valence-corrected chi connectivity index (χ0v) is 18.3. The lowest BCUT2D eigenvalue weighted by Crippen LogP contribution is -2.45. The van der Waals surface area contributed by atoms with E-state index >= 15 is 0 Å². The third-order valence-corrected chi connectivity index (χ3v) is 6.01. The second-order valence-electron chi connectivity index (χ2n) is 7.64. The topological polar surface area (TPSA) is 93.4 Å². The van der Waals surface area contributed by atoms with Gasteiger partial charge in [0.15, 0.2) is 10.8 Å². The van der Waals surface area contributed by atoms with Gasteiger partial charge < -0.3 is 19.5 Å². The predicted octanol–water partition coefficient (Wildman–Crippen LogP) is 3.35. The Balaban J connectivity index is 1.65. The molecule has 0 aliphatic carbocycles. The number of hydrogen-bond acceptors (Lipinski definition) is 8. The van der Waals surface area contributed by atoms with E-state index in [0.717, 1.165) is 45.7 Å². The van der Waals surface area contributed by atoms with Gasteiger partial charge in [-0.25, -0.2) is 4.98 Å². The number of ether oxygens (including phenoxy) is 1. The fourth-order valence-corrected chi connectivity index (χ4v) is 4.79. The highest BCUT2D eigenvalue weighted by atomic mass is 32.1. The van der Waals surface area contributed by atoms with E-state index in [1.54, 1.807) is 11.3 Å². The third-order valence-electron chi connectivity index (χ3n) is 4.81. The van der Waals surface area contributed by atoms with Crippen LogP contribution in [-0.4, -0.2) is 46.3 Å². The van der Waals surface area contributed by atoms with Crippen molar-refractivity contribution >= 4 is 22.4 Å². The van der Waals surface area contributed by atoms with Gasteiger partial charge in [-0.2, -0.15) is 0 Å². The van der Waals surface area contributed by atoms with Crippen LogP contribution in [0, 0.1) is 13.8 Å². The predicted molar refractivity (Wildman–Crippen MR) is 115 cm³/mol. The lowest BCUT2D eigenvalue weighted by molar-refractivity contribution is -0.00523. The van der Waals surface area contributed by atoms with Crippen molar-refractivity contribution in [1.29, 1.82) is 0 Å². The first-order valence-electron chi connectivity index (χ1n) is 9.93. The SMILES string of the molecule is Cc1cc(-c2sc(N3C[C@@H](C)O[C@@H](C)C3)nc2CNC(=O)c2ccon2)cc(C)n1. The molecule has 3 aromatic heterocycles. The highest BCUT2D eigenvalue weighted by Crippen LogP contribution is 2.36. The van der Waals surface area contributed by atoms with Crippen LogP contribution in [0.5, 0.6) is 0 Å². The van der Waals surface area contributed by atoms with Gasteiger partial charge in [-0.15, -0.1) is 0 Å². The number of hydrogen-bond donors (Lipinski definition) is 1. The fraction of sp³-hybridized carbons (Fsp3) is 0.429. The molecule has 3 aromatic rings. The maximum Gasteiger partial charge on any atom is 0.273 e. The lowest BCUT2D eigenvalue weighted by atomic mass is 10.1. The van der Waals surface area contributed by atoms with Crippen molar-refractivity contribution in [1.82, 2.24) is 20.4 Å². The van der Waals surface area contributed by atoms with Crippen LogP contribution in [0.25, 0.3) is 10.4 Å². The molecule has 4 heterocycles. The van der Waals surface area contributed by atoms with E-state index in [1.165, 1.54) is 12.3 Å². The van der Waals surface area contributed by atoms with Crippen molar-refractivity contribution in [3.8, 4) is 10.4 Å². The highest BCUT2D eigenvalue weighted by molar-refractivity contribution is 7.19. The number of nitrogens with one attached hydrogen (secondary N) is 1. The summed E-state index contributed by atoms with van der Waals surface area (Å²) in [5.74, 6) is -0.292. The van der Waals surface area contributed by atoms with Crippen LogP contribution < -0.4 is 10.2 Å². The Bertz CT molecular complexity index is 1000. The first-order chi connectivity index (χ1) is 14.4. The molecule has 0 spiro atoms. The summed E-state index contributed by atoms with van der Waals surface area (Å²) in [7, 11) is 0. The number of anilines is 1. The zero-order valence-electron chi connectivity index (χ0n) is 17.5. The number of thiazole rings is 1. The maximum atomic E-state index is 12.3. The molecule has 8 nitrogen and oxygen atoms in total. The van der Waals surface area contributed by atoms with Crippen molar-refractivity contribution in [2.45, 2.75) is 46.4 Å². The Hall–Kier alpha value is -2.78. The summed E-state index contributed by atoms with van der Waals surface area (Å²) >= 11 is 1.64. The monoisotopic (exact) mass is 427 g/mol. The molecule has 4 rings (SSSR count). The average Bonchev–Trinajstić information content (AvgIpc) is 3.35. The summed E-state index contributed by atoms with van der Waals surface area (Å²) < 4.78 is 10.6. The summed E-state index contributed by atoms with van der Waals surface area (Å²) in [5, 5.41) is 7.53. The van der Waals surface area contributed by atoms with Crippen molar-refractivity contribution in [3.63, 3.8) is 0 Å². The summed E-state index contributed by atoms with van der Waals surface area (Å²) in [4.78, 5) is 25.0. The van der Waals surface area contributed by atoms with Gasteiger partial charge in [0, 0.05) is 30.5 Å². The molecule has 9 heteroatoms. The van der Waals surface area contributed by atoms with Crippen LogP contribution in [0.3, 0.4) is 0 Å². The molecular weight excluding hydrogens is 402 g/mol. The summed E-state index contributed by atoms with van der Waals surface area (Å²) in [6.45, 7) is 9.99. The molecule has 30 heavy (non-hydrogen) atoms. The van der Waals surface area contributed by atoms with E-state index in [-0.39, 0.29) is 23.8 Å². The van der Waals surface area contributed by atoms with Crippen LogP contribution in [0.15, 0.2) is 29.0 Å². The number of pyridine rings is 1. The van der Waals surface area contributed by atoms with Crippen LogP contribution in [-0.2, 0) is 11.3 Å². The molecule has 1 fully saturated rings. The van der Waals surface area contributed by atoms with Crippen LogP contribution in [0.4, 0.5) is 5.13 Å². The molecule has 0 saturated carbocycles. The minimum Gasteiger partial charge on any atom is -0.372 e. The number of carbonyl (C=O) groups excluding carboxylic acids is 1. The van der Waals surface area contributed by atoms with Crippen molar-refractivity contribution in [2.24, 2.45) is 0 Å². The molecule has 1 N–H and O–H groups in total. The van der Waals surface area contributed by atoms with E-state index in [0.29, 0.717) is 6.54 Å². The lowest BCUT2D eigenvalue weighted by Gasteiger charge is -2.35. The molecule has 0 bridgehead atoms. The molecule has 2 atom stereocenters. The van der Waals surface area contributed by atoms with Gasteiger partial charge in [-0.1, -0.05) is 16.5 Å². The number of morpholine rings is 1. The quantitative estimate of drug-likeness (QED) is 0.667. The van der Waals surface area contributed by atoms with E-state index in [1.807, 2.05) is 13.8 Å². The second-order valence-corrected chi connectivity index (χ2v) is 8.62. The highest BCUT2D eigenvalue weighted by Gasteiger charge is 2.26. The number of aryl methyl sites for hydroxylation is 2. The number of amides is 1. The number of aromatic nitrogens is 3. The minimum atomic E-state index is -0.292. The average molecular weight is 428 g/mol. The van der Waals surface area contributed by atoms with E-state index in [2.05, 4.69) is 46.3 Å². The van der Waals surface area contributed by atoms with Gasteiger partial charge in [-0.3, -0.25) is 9.78 Å². The van der Waals surface area contributed by atoms with Gasteiger partial charge in [0.25, 0.3) is 5.91 Å². The van der Waals surface area contributed by atoms with Crippen molar-refractivity contribution in [3.05, 3.63) is 47.2 Å². The van der Waals surface area contributed by atoms with Crippen molar-refractivity contribution in [2.75, 3.05) is 18.0 Å². The molecule has 0 unspecified atom stereocenters. The minimum absolute atomic E-state index is 0.141. The molecule has 1 saturated heterocycles. The Morgan fingerprint density at radius 3 is 2.53 bits per heavy atom. The van der Waals surface area contributed by atoms with E-state index in [4.69, 9.17) is 14.2 Å². The van der Waals surface area contributed by atoms with Crippen molar-refractivity contribution < 1.29 is 14.1 Å². The largest absolute Gasteiger partial charge is 0.372 e. The van der Waals surface area contributed by atoms with Crippen LogP contribution in [0.1, 0.15) is 41.4 Å². The second kappa shape index (κ2) is 8.53. The molecule has 1 amide bonds. The molecule has 0 radical (unpaired) electrons. The third kappa shape index (κ3) is 4.52. The Labute approximate surface area is 179 Å². The maximum absolute atomic E-state index is 12.3. The van der Waals surface area contributed by atoms with Crippen LogP contribution >= 0.6 is 11.3 Å². The molecule has 1 aliphatic heterocycles. The van der Waals surface area contributed by atoms with Gasteiger partial charge >= 0.3 is 0 Å². The van der Waals surface area contributed by atoms with Crippen LogP contribution in [0.2, 0.25) is 0 Å². The Kier molecular flexibility index (Phi) is 5.83.